The third-order valence-corrected chi connectivity index (χ3v) is 6.47. The van der Waals surface area contributed by atoms with Gasteiger partial charge in [-0.05, 0) is 63.1 Å². The number of aromatic nitrogens is 1. The van der Waals surface area contributed by atoms with E-state index >= 15 is 0 Å². The molecule has 1 aliphatic rings. The number of methoxy groups -OCH3 is 2. The van der Waals surface area contributed by atoms with Gasteiger partial charge in [-0.1, -0.05) is 12.1 Å². The smallest absolute Gasteiger partial charge is 0.419 e. The molecule has 1 saturated heterocycles. The van der Waals surface area contributed by atoms with Crippen LogP contribution in [0.25, 0.3) is 10.9 Å². The summed E-state index contributed by atoms with van der Waals surface area (Å²) < 4.78 is 17.9. The number of fused-ring (bicyclic) bond motifs is 1. The highest BCUT2D eigenvalue weighted by Gasteiger charge is 2.27. The van der Waals surface area contributed by atoms with E-state index in [2.05, 4.69) is 10.2 Å². The van der Waals surface area contributed by atoms with Gasteiger partial charge in [-0.25, -0.2) is 9.59 Å². The van der Waals surface area contributed by atoms with E-state index in [0.717, 1.165) is 53.0 Å². The molecule has 2 aromatic carbocycles. The predicted octanol–water partition coefficient (Wildman–Crippen LogP) is 4.67. The van der Waals surface area contributed by atoms with Crippen molar-refractivity contribution in [3.63, 3.8) is 0 Å². The van der Waals surface area contributed by atoms with E-state index in [1.54, 1.807) is 30.0 Å². The molecule has 1 fully saturated rings. The number of nitrogens with zero attached hydrogens (tertiary/aromatic N) is 2. The summed E-state index contributed by atoms with van der Waals surface area (Å²) in [5, 5.41) is 4.45. The third-order valence-electron chi connectivity index (χ3n) is 6.47. The van der Waals surface area contributed by atoms with E-state index in [4.69, 9.17) is 14.2 Å². The molecule has 1 unspecified atom stereocenters. The Bertz CT molecular complexity index is 1260. The number of carbonyl (C=O) groups is 2. The molecule has 2 heterocycles. The molecule has 3 aromatic rings. The molecule has 0 radical (unpaired) electrons. The second-order valence-electron chi connectivity index (χ2n) is 10.1. The topological polar surface area (TPSA) is 82.0 Å². The van der Waals surface area contributed by atoms with Gasteiger partial charge in [-0.2, -0.15) is 0 Å². The maximum Gasteiger partial charge on any atom is 0.419 e. The highest BCUT2D eigenvalue weighted by Crippen LogP contribution is 2.35. The highest BCUT2D eigenvalue weighted by atomic mass is 16.6. The van der Waals surface area contributed by atoms with Crippen molar-refractivity contribution in [1.29, 1.82) is 0 Å². The van der Waals surface area contributed by atoms with Gasteiger partial charge in [-0.3, -0.25) is 9.47 Å². The Balaban J connectivity index is 1.70. The van der Waals surface area contributed by atoms with Crippen molar-refractivity contribution < 1.29 is 23.8 Å². The van der Waals surface area contributed by atoms with Crippen molar-refractivity contribution in [2.24, 2.45) is 0 Å². The van der Waals surface area contributed by atoms with Crippen molar-refractivity contribution in [3.05, 3.63) is 64.8 Å². The number of aryl methyl sites for hydroxylation is 1. The average Bonchev–Trinajstić information content (AvgIpc) is 3.31. The first-order valence-electron chi connectivity index (χ1n) is 12.2. The molecule has 8 nitrogen and oxygen atoms in total. The van der Waals surface area contributed by atoms with Crippen LogP contribution < -0.4 is 10.1 Å². The van der Waals surface area contributed by atoms with Gasteiger partial charge in [-0.15, -0.1) is 0 Å². The van der Waals surface area contributed by atoms with E-state index in [9.17, 15) is 9.59 Å². The molecular weight excluding hydrogens is 458 g/mol. The lowest BCUT2D eigenvalue weighted by atomic mass is 9.99. The minimum Gasteiger partial charge on any atom is -0.496 e. The van der Waals surface area contributed by atoms with E-state index in [1.807, 2.05) is 52.0 Å². The Morgan fingerprint density at radius 3 is 2.47 bits per heavy atom. The molecule has 0 aliphatic carbocycles. The predicted molar refractivity (Wildman–Crippen MR) is 139 cm³/mol. The van der Waals surface area contributed by atoms with Crippen molar-refractivity contribution >= 4 is 23.0 Å². The van der Waals surface area contributed by atoms with Crippen LogP contribution in [0.3, 0.4) is 0 Å². The van der Waals surface area contributed by atoms with Gasteiger partial charge >= 0.3 is 12.1 Å². The molecule has 0 amide bonds. The van der Waals surface area contributed by atoms with Crippen LogP contribution in [0.2, 0.25) is 0 Å². The first kappa shape index (κ1) is 25.7. The van der Waals surface area contributed by atoms with E-state index in [-0.39, 0.29) is 12.0 Å². The van der Waals surface area contributed by atoms with E-state index in [0.29, 0.717) is 12.1 Å². The molecule has 36 heavy (non-hydrogen) atoms. The van der Waals surface area contributed by atoms with Crippen LogP contribution >= 0.6 is 0 Å². The summed E-state index contributed by atoms with van der Waals surface area (Å²) in [6.45, 7) is 10.7. The van der Waals surface area contributed by atoms with E-state index in [1.165, 1.54) is 7.11 Å². The number of esters is 1. The summed E-state index contributed by atoms with van der Waals surface area (Å²) in [6, 6.07) is 11.6. The maximum atomic E-state index is 12.9. The van der Waals surface area contributed by atoms with Gasteiger partial charge in [0.25, 0.3) is 0 Å². The lowest BCUT2D eigenvalue weighted by Gasteiger charge is -2.37. The van der Waals surface area contributed by atoms with Crippen LogP contribution in [0, 0.1) is 6.92 Å². The van der Waals surface area contributed by atoms with Crippen molar-refractivity contribution in [2.75, 3.05) is 33.9 Å². The van der Waals surface area contributed by atoms with Crippen LogP contribution in [0.4, 0.5) is 4.79 Å². The quantitative estimate of drug-likeness (QED) is 0.517. The lowest BCUT2D eigenvalue weighted by Crippen LogP contribution is -2.45. The normalized spacial score (nSPS) is 16.7. The second kappa shape index (κ2) is 10.3. The molecule has 0 spiro atoms. The third kappa shape index (κ3) is 5.24. The molecule has 8 heteroatoms. The Morgan fingerprint density at radius 1 is 1.11 bits per heavy atom. The molecule has 1 N–H and O–H groups in total. The molecule has 1 aromatic heterocycles. The van der Waals surface area contributed by atoms with Gasteiger partial charge in [0.15, 0.2) is 0 Å². The SMILES string of the molecule is COC(=O)c1ccc(C2CNCCN2Cc2c(OC)cc(C)c3c2ccn3C(=O)OC(C)(C)C)cc1. The van der Waals surface area contributed by atoms with Gasteiger partial charge in [0.1, 0.15) is 11.4 Å². The summed E-state index contributed by atoms with van der Waals surface area (Å²) in [5.41, 5.74) is 3.85. The zero-order valence-electron chi connectivity index (χ0n) is 21.9. The van der Waals surface area contributed by atoms with Crippen molar-refractivity contribution in [1.82, 2.24) is 14.8 Å². The summed E-state index contributed by atoms with van der Waals surface area (Å²) in [7, 11) is 3.06. The molecular formula is C28H35N3O5. The lowest BCUT2D eigenvalue weighted by molar-refractivity contribution is 0.0542. The monoisotopic (exact) mass is 493 g/mol. The number of nitrogens with one attached hydrogen (secondary N) is 1. The number of hydrogen-bond donors (Lipinski definition) is 1. The Hall–Kier alpha value is -3.36. The fourth-order valence-corrected chi connectivity index (χ4v) is 4.80. The standard InChI is InChI=1S/C28H35N3O5/c1-18-15-24(34-5)22(21-11-13-31(25(18)21)27(33)36-28(2,3)4)17-30-14-12-29-16-23(30)19-7-9-20(10-8-19)26(32)35-6/h7-11,13,15,23,29H,12,14,16-17H2,1-6H3. The van der Waals surface area contributed by atoms with Gasteiger partial charge in [0, 0.05) is 49.4 Å². The minimum atomic E-state index is -0.589. The average molecular weight is 494 g/mol. The van der Waals surface area contributed by atoms with Gasteiger partial charge in [0.05, 0.1) is 25.3 Å². The van der Waals surface area contributed by atoms with Gasteiger partial charge < -0.3 is 19.5 Å². The zero-order chi connectivity index (χ0) is 26.0. The molecule has 192 valence electrons. The van der Waals surface area contributed by atoms with Crippen LogP contribution in [0.1, 0.15) is 53.9 Å². The largest absolute Gasteiger partial charge is 0.496 e. The van der Waals surface area contributed by atoms with Gasteiger partial charge in [0.2, 0.25) is 0 Å². The van der Waals surface area contributed by atoms with Crippen LogP contribution in [-0.2, 0) is 16.0 Å². The molecule has 0 saturated carbocycles. The summed E-state index contributed by atoms with van der Waals surface area (Å²) in [4.78, 5) is 27.2. The van der Waals surface area contributed by atoms with E-state index < -0.39 is 11.7 Å². The zero-order valence-corrected chi connectivity index (χ0v) is 21.9. The highest BCUT2D eigenvalue weighted by molar-refractivity contribution is 5.95. The Morgan fingerprint density at radius 2 is 1.83 bits per heavy atom. The fourth-order valence-electron chi connectivity index (χ4n) is 4.80. The number of rotatable bonds is 5. The first-order valence-corrected chi connectivity index (χ1v) is 12.2. The Kier molecular flexibility index (Phi) is 7.38. The molecule has 4 rings (SSSR count). The molecule has 0 bridgehead atoms. The number of hydrogen-bond acceptors (Lipinski definition) is 7. The van der Waals surface area contributed by atoms with Crippen LogP contribution in [0.15, 0.2) is 42.6 Å². The molecule has 1 atom stereocenters. The fraction of sp³-hybridized carbons (Fsp3) is 0.429. The number of benzene rings is 2. The van der Waals surface area contributed by atoms with Crippen LogP contribution in [-0.4, -0.2) is 61.0 Å². The van der Waals surface area contributed by atoms with Crippen molar-refractivity contribution in [3.8, 4) is 5.75 Å². The number of carbonyl (C=O) groups excluding carboxylic acids is 2. The molecule has 1 aliphatic heterocycles. The summed E-state index contributed by atoms with van der Waals surface area (Å²) >= 11 is 0. The summed E-state index contributed by atoms with van der Waals surface area (Å²) in [6.07, 6.45) is 1.37. The van der Waals surface area contributed by atoms with Crippen molar-refractivity contribution in [2.45, 2.75) is 45.9 Å². The number of piperazine rings is 1. The number of ether oxygens (including phenoxy) is 3. The second-order valence-corrected chi connectivity index (χ2v) is 10.1. The Labute approximate surface area is 212 Å². The first-order chi connectivity index (χ1) is 17.1. The minimum absolute atomic E-state index is 0.111. The van der Waals surface area contributed by atoms with Crippen LogP contribution in [0.5, 0.6) is 5.75 Å². The summed E-state index contributed by atoms with van der Waals surface area (Å²) in [5.74, 6) is 0.446. The maximum absolute atomic E-state index is 12.9.